The van der Waals surface area contributed by atoms with Gasteiger partial charge in [0.05, 0.1) is 306 Å². The third-order valence-corrected chi connectivity index (χ3v) is 13.9. The van der Waals surface area contributed by atoms with Gasteiger partial charge in [-0.25, -0.2) is 14.6 Å². The molecule has 0 radical (unpaired) electrons. The molecule has 1 aromatic carbocycles. The first-order valence-electron chi connectivity index (χ1n) is 33.5. The van der Waals surface area contributed by atoms with Gasteiger partial charge in [-0.1, -0.05) is 24.3 Å². The predicted molar refractivity (Wildman–Crippen MR) is 351 cm³/mol. The Morgan fingerprint density at radius 3 is 0.979 bits per heavy atom. The number of benzene rings is 1. The highest BCUT2D eigenvalue weighted by Crippen LogP contribution is 2.27. The molecule has 2 heterocycles. The minimum absolute atomic E-state index is 0.0209. The zero-order chi connectivity index (χ0) is 68.9. The summed E-state index contributed by atoms with van der Waals surface area (Å²) in [5, 5.41) is 6.01. The van der Waals surface area contributed by atoms with Gasteiger partial charge in [0.2, 0.25) is 5.91 Å². The van der Waals surface area contributed by atoms with Crippen LogP contribution in [-0.2, 0) is 139 Å². The van der Waals surface area contributed by atoms with E-state index >= 15 is 0 Å². The van der Waals surface area contributed by atoms with Gasteiger partial charge >= 0.3 is 11.9 Å². The molecule has 31 nitrogen and oxygen atoms in total. The Bertz CT molecular complexity index is 2060. The summed E-state index contributed by atoms with van der Waals surface area (Å²) in [5.74, 6) is -1.46. The first-order valence-corrected chi connectivity index (χ1v) is 34.4. The number of thiazole rings is 1. The number of methoxy groups -OCH3 is 1. The number of carbonyl (C=O) groups excluding carboxylic acids is 3. The van der Waals surface area contributed by atoms with Gasteiger partial charge in [0.25, 0.3) is 0 Å². The number of aromatic nitrogens is 1. The average molecular weight is 1420 g/mol. The summed E-state index contributed by atoms with van der Waals surface area (Å²) in [5.41, 5.74) is 4.86. The van der Waals surface area contributed by atoms with E-state index in [1.54, 1.807) is 18.4 Å². The third kappa shape index (κ3) is 55.6. The number of esters is 2. The van der Waals surface area contributed by atoms with Crippen molar-refractivity contribution in [2.75, 3.05) is 318 Å². The van der Waals surface area contributed by atoms with E-state index in [0.29, 0.717) is 297 Å². The zero-order valence-corrected chi connectivity index (χ0v) is 58.3. The number of rotatable bonds is 75. The fourth-order valence-corrected chi connectivity index (χ4v) is 8.81. The second kappa shape index (κ2) is 68.1. The van der Waals surface area contributed by atoms with E-state index in [9.17, 15) is 14.4 Å². The zero-order valence-electron chi connectivity index (χ0n) is 57.5. The molecule has 3 rings (SSSR count). The second-order valence-corrected chi connectivity index (χ2v) is 21.4. The molecule has 1 saturated heterocycles. The number of hydrogen-bond acceptors (Lipinski definition) is 31. The van der Waals surface area contributed by atoms with Crippen molar-refractivity contribution in [3.63, 3.8) is 0 Å². The largest absolute Gasteiger partial charge is 0.462 e. The van der Waals surface area contributed by atoms with Gasteiger partial charge in [0, 0.05) is 26.6 Å². The first-order chi connectivity index (χ1) is 48.0. The average Bonchev–Trinajstić information content (AvgIpc) is 2.04. The van der Waals surface area contributed by atoms with Crippen molar-refractivity contribution in [3.8, 4) is 10.4 Å². The van der Waals surface area contributed by atoms with Crippen LogP contribution in [0.5, 0.6) is 0 Å². The molecule has 1 fully saturated rings. The van der Waals surface area contributed by atoms with Crippen LogP contribution < -0.4 is 10.6 Å². The normalized spacial score (nSPS) is 13.9. The van der Waals surface area contributed by atoms with Crippen LogP contribution in [0.1, 0.15) is 17.7 Å². The van der Waals surface area contributed by atoms with Crippen LogP contribution in [0.2, 0.25) is 0 Å². The Morgan fingerprint density at radius 2 is 0.691 bits per heavy atom. The lowest BCUT2D eigenvalue weighted by Crippen LogP contribution is -2.39. The van der Waals surface area contributed by atoms with Crippen molar-refractivity contribution in [1.29, 1.82) is 0 Å². The summed E-state index contributed by atoms with van der Waals surface area (Å²) >= 11 is 1.59. The number of ether oxygens (including phenoxy) is 25. The third-order valence-electron chi connectivity index (χ3n) is 12.9. The molecule has 0 spiro atoms. The molecular formula is C65H113N3O28S. The molecular weight excluding hydrogens is 1300 g/mol. The van der Waals surface area contributed by atoms with Crippen molar-refractivity contribution < 1.29 is 133 Å². The Labute approximate surface area is 576 Å². The van der Waals surface area contributed by atoms with Crippen molar-refractivity contribution in [2.45, 2.75) is 32.0 Å². The maximum Gasteiger partial charge on any atom is 0.332 e. The Morgan fingerprint density at radius 1 is 0.402 bits per heavy atom. The summed E-state index contributed by atoms with van der Waals surface area (Å²) in [6.07, 6.45) is -0.170. The number of amides is 1. The fraction of sp³-hybridized carbons (Fsp3) is 0.815. The maximum absolute atomic E-state index is 12.7. The summed E-state index contributed by atoms with van der Waals surface area (Å²) in [6.45, 7) is 21.9. The molecule has 1 aliphatic heterocycles. The first kappa shape index (κ1) is 87.5. The van der Waals surface area contributed by atoms with E-state index < -0.39 is 37.3 Å². The monoisotopic (exact) mass is 1420 g/mol. The smallest absolute Gasteiger partial charge is 0.332 e. The molecule has 1 aliphatic rings. The highest BCUT2D eigenvalue weighted by molar-refractivity contribution is 7.13. The van der Waals surface area contributed by atoms with Crippen molar-refractivity contribution >= 4 is 29.2 Å². The molecule has 2 aromatic rings. The summed E-state index contributed by atoms with van der Waals surface area (Å²) < 4.78 is 136. The molecule has 1 aromatic heterocycles. The Kier molecular flexibility index (Phi) is 61.4. The number of nitrogens with one attached hydrogen (secondary N) is 2. The van der Waals surface area contributed by atoms with E-state index in [1.165, 1.54) is 0 Å². The van der Waals surface area contributed by atoms with Crippen LogP contribution in [0.25, 0.3) is 10.4 Å². The number of carbonyl (C=O) groups is 3. The molecule has 562 valence electrons. The summed E-state index contributed by atoms with van der Waals surface area (Å²) in [6, 6.07) is 7.49. The number of hydrogen-bond donors (Lipinski definition) is 2. The van der Waals surface area contributed by atoms with Crippen LogP contribution in [0.3, 0.4) is 0 Å². The van der Waals surface area contributed by atoms with Crippen molar-refractivity contribution in [3.05, 3.63) is 41.0 Å². The lowest BCUT2D eigenvalue weighted by atomic mass is 10.1. The molecule has 2 atom stereocenters. The molecule has 97 heavy (non-hydrogen) atoms. The SMILES string of the molecule is COCCOCCOCCOCCOCCOCCOCCOCCOCCOCCOCCOCCOCCOCCOCCOCCOCCOCCOCCOCCOCCOCCOC(=O)COCC(=O)OC1CNC(C(=O)NCc2ccc(-c3scnc3C)cc2)C1. The van der Waals surface area contributed by atoms with E-state index in [2.05, 4.69) is 15.6 Å². The fourth-order valence-electron chi connectivity index (χ4n) is 7.99. The predicted octanol–water partition coefficient (Wildman–Crippen LogP) is 1.56. The van der Waals surface area contributed by atoms with Crippen LogP contribution in [-0.4, -0.2) is 353 Å². The van der Waals surface area contributed by atoms with Crippen molar-refractivity contribution in [1.82, 2.24) is 15.6 Å². The molecule has 0 aliphatic carbocycles. The highest BCUT2D eigenvalue weighted by atomic mass is 32.1. The van der Waals surface area contributed by atoms with Gasteiger partial charge in [0.15, 0.2) is 0 Å². The molecule has 2 unspecified atom stereocenters. The van der Waals surface area contributed by atoms with Gasteiger partial charge in [-0.2, -0.15) is 0 Å². The van der Waals surface area contributed by atoms with E-state index in [0.717, 1.165) is 21.7 Å². The molecule has 32 heteroatoms. The lowest BCUT2D eigenvalue weighted by Gasteiger charge is -2.13. The molecule has 2 N–H and O–H groups in total. The standard InChI is InChI=1S/C65H113N3O28S/c1-57-64(97-56-68-57)59-5-3-58(4-6-59)52-67-65(71)61-51-60(53-66-61)96-63(70)55-94-54-62(69)95-50-49-93-48-47-92-46-45-91-44-43-90-42-41-89-40-39-88-38-37-87-36-35-86-34-33-85-32-31-84-30-29-83-28-27-82-26-25-81-24-23-80-22-21-79-20-19-78-18-17-77-16-15-76-14-13-75-12-11-74-10-9-73-8-7-72-2/h3-6,56,60-61,66H,7-55H2,1-2H3,(H,67,71). The quantitative estimate of drug-likeness (QED) is 0.0701. The number of nitrogens with zero attached hydrogens (tertiary/aromatic N) is 1. The van der Waals surface area contributed by atoms with Crippen LogP contribution >= 0.6 is 11.3 Å². The van der Waals surface area contributed by atoms with E-state index in [1.807, 2.05) is 36.7 Å². The lowest BCUT2D eigenvalue weighted by molar-refractivity contribution is -0.159. The topological polar surface area (TPSA) is 319 Å². The highest BCUT2D eigenvalue weighted by Gasteiger charge is 2.31. The minimum Gasteiger partial charge on any atom is -0.462 e. The van der Waals surface area contributed by atoms with E-state index in [-0.39, 0.29) is 19.1 Å². The summed E-state index contributed by atoms with van der Waals surface area (Å²) in [4.78, 5) is 42.4. The van der Waals surface area contributed by atoms with E-state index in [4.69, 9.17) is 118 Å². The van der Waals surface area contributed by atoms with Crippen LogP contribution in [0.15, 0.2) is 29.8 Å². The molecule has 0 bridgehead atoms. The van der Waals surface area contributed by atoms with Gasteiger partial charge in [-0.15, -0.1) is 11.3 Å². The molecule has 0 saturated carbocycles. The van der Waals surface area contributed by atoms with Crippen LogP contribution in [0, 0.1) is 6.92 Å². The Balaban J connectivity index is 0.874. The van der Waals surface area contributed by atoms with Crippen LogP contribution in [0.4, 0.5) is 0 Å². The van der Waals surface area contributed by atoms with Crippen molar-refractivity contribution in [2.24, 2.45) is 0 Å². The number of aryl methyl sites for hydroxylation is 1. The maximum atomic E-state index is 12.7. The van der Waals surface area contributed by atoms with Gasteiger partial charge in [0.1, 0.15) is 25.9 Å². The van der Waals surface area contributed by atoms with Gasteiger partial charge in [-0.3, -0.25) is 4.79 Å². The second-order valence-electron chi connectivity index (χ2n) is 20.6. The van der Waals surface area contributed by atoms with Gasteiger partial charge in [-0.05, 0) is 18.1 Å². The Hall–Kier alpha value is -3.70. The minimum atomic E-state index is -0.640. The molecule has 1 amide bonds. The van der Waals surface area contributed by atoms with Gasteiger partial charge < -0.3 is 129 Å². The summed E-state index contributed by atoms with van der Waals surface area (Å²) in [7, 11) is 1.64.